The topological polar surface area (TPSA) is 75.4 Å². The van der Waals surface area contributed by atoms with E-state index in [0.717, 1.165) is 5.76 Å². The lowest BCUT2D eigenvalue weighted by atomic mass is 10.3. The van der Waals surface area contributed by atoms with Crippen LogP contribution >= 0.6 is 0 Å². The van der Waals surface area contributed by atoms with Gasteiger partial charge in [-0.2, -0.15) is 0 Å². The van der Waals surface area contributed by atoms with Gasteiger partial charge in [-0.1, -0.05) is 0 Å². The van der Waals surface area contributed by atoms with Gasteiger partial charge in [0, 0.05) is 6.42 Å². The number of carboxylic acids is 1. The third-order valence-electron chi connectivity index (χ3n) is 2.03. The molecule has 0 spiro atoms. The molecule has 15 heavy (non-hydrogen) atoms. The maximum Gasteiger partial charge on any atom is 0.303 e. The number of hydrogen-bond donors (Lipinski definition) is 2. The Morgan fingerprint density at radius 1 is 1.73 bits per heavy atom. The van der Waals surface area contributed by atoms with Gasteiger partial charge in [-0.25, -0.2) is 4.98 Å². The number of aliphatic carboxylic acids is 1. The quantitative estimate of drug-likeness (QED) is 0.699. The van der Waals surface area contributed by atoms with Crippen molar-refractivity contribution in [2.24, 2.45) is 0 Å². The molecule has 0 aliphatic heterocycles. The average molecular weight is 212 g/mol. The van der Waals surface area contributed by atoms with Crippen LogP contribution in [0.3, 0.4) is 0 Å². The molecule has 0 amide bonds. The second-order valence-corrected chi connectivity index (χ2v) is 3.48. The zero-order chi connectivity index (χ0) is 11.3. The van der Waals surface area contributed by atoms with Gasteiger partial charge in [0.1, 0.15) is 5.76 Å². The Labute approximate surface area is 88.5 Å². The number of carboxylic acid groups (broad SMARTS) is 1. The van der Waals surface area contributed by atoms with Gasteiger partial charge in [0.05, 0.1) is 12.2 Å². The summed E-state index contributed by atoms with van der Waals surface area (Å²) in [4.78, 5) is 14.3. The molecule has 0 aliphatic carbocycles. The second-order valence-electron chi connectivity index (χ2n) is 3.48. The summed E-state index contributed by atoms with van der Waals surface area (Å²) in [6, 6.07) is 0.0208. The van der Waals surface area contributed by atoms with Crippen LogP contribution in [-0.4, -0.2) is 22.6 Å². The molecule has 0 saturated carbocycles. The van der Waals surface area contributed by atoms with E-state index in [1.54, 1.807) is 6.20 Å². The maximum absolute atomic E-state index is 10.3. The van der Waals surface area contributed by atoms with E-state index in [4.69, 9.17) is 9.52 Å². The molecule has 84 valence electrons. The van der Waals surface area contributed by atoms with Crippen molar-refractivity contribution in [1.82, 2.24) is 10.3 Å². The van der Waals surface area contributed by atoms with E-state index in [2.05, 4.69) is 10.3 Å². The summed E-state index contributed by atoms with van der Waals surface area (Å²) >= 11 is 0. The molecular formula is C10H16N2O3. The standard InChI is InChI=1S/C10H16N2O3/c1-7-6-12-10(15-7)8(2)11-5-3-4-9(13)14/h6,8,11H,3-5H2,1-2H3,(H,13,14). The van der Waals surface area contributed by atoms with Crippen molar-refractivity contribution >= 4 is 5.97 Å². The molecule has 1 aromatic rings. The van der Waals surface area contributed by atoms with Gasteiger partial charge in [-0.05, 0) is 26.8 Å². The summed E-state index contributed by atoms with van der Waals surface area (Å²) < 4.78 is 5.33. The third kappa shape index (κ3) is 4.12. The molecule has 1 atom stereocenters. The van der Waals surface area contributed by atoms with Crippen LogP contribution in [0, 0.1) is 6.92 Å². The Kier molecular flexibility index (Phi) is 4.30. The van der Waals surface area contributed by atoms with Crippen LogP contribution in [0.15, 0.2) is 10.6 Å². The summed E-state index contributed by atoms with van der Waals surface area (Å²) in [5.74, 6) is 0.656. The van der Waals surface area contributed by atoms with Gasteiger partial charge in [0.25, 0.3) is 0 Å². The fraction of sp³-hybridized carbons (Fsp3) is 0.600. The van der Waals surface area contributed by atoms with Crippen LogP contribution < -0.4 is 5.32 Å². The van der Waals surface area contributed by atoms with Gasteiger partial charge in [-0.15, -0.1) is 0 Å². The molecule has 2 N–H and O–H groups in total. The molecule has 1 aromatic heterocycles. The molecule has 1 unspecified atom stereocenters. The largest absolute Gasteiger partial charge is 0.481 e. The smallest absolute Gasteiger partial charge is 0.303 e. The summed E-state index contributed by atoms with van der Waals surface area (Å²) in [5, 5.41) is 11.6. The fourth-order valence-electron chi connectivity index (χ4n) is 1.22. The van der Waals surface area contributed by atoms with Crippen molar-refractivity contribution in [2.45, 2.75) is 32.7 Å². The summed E-state index contributed by atoms with van der Waals surface area (Å²) in [6.45, 7) is 4.43. The van der Waals surface area contributed by atoms with Gasteiger partial charge in [0.15, 0.2) is 0 Å². The van der Waals surface area contributed by atoms with E-state index >= 15 is 0 Å². The second kappa shape index (κ2) is 5.50. The molecule has 0 saturated heterocycles. The lowest BCUT2D eigenvalue weighted by molar-refractivity contribution is -0.137. The number of nitrogens with zero attached hydrogens (tertiary/aromatic N) is 1. The highest BCUT2D eigenvalue weighted by atomic mass is 16.4. The number of carbonyl (C=O) groups is 1. The predicted molar refractivity (Wildman–Crippen MR) is 54.5 cm³/mol. The van der Waals surface area contributed by atoms with Crippen LogP contribution in [-0.2, 0) is 4.79 Å². The lowest BCUT2D eigenvalue weighted by Gasteiger charge is -2.08. The first-order chi connectivity index (χ1) is 7.09. The number of hydrogen-bond acceptors (Lipinski definition) is 4. The van der Waals surface area contributed by atoms with Crippen molar-refractivity contribution in [3.8, 4) is 0 Å². The number of aromatic nitrogens is 1. The van der Waals surface area contributed by atoms with Gasteiger partial charge in [-0.3, -0.25) is 4.79 Å². The fourth-order valence-corrected chi connectivity index (χ4v) is 1.22. The van der Waals surface area contributed by atoms with Gasteiger partial charge >= 0.3 is 5.97 Å². The van der Waals surface area contributed by atoms with E-state index < -0.39 is 5.97 Å². The van der Waals surface area contributed by atoms with Gasteiger partial charge in [0.2, 0.25) is 5.89 Å². The Morgan fingerprint density at radius 3 is 3.00 bits per heavy atom. The molecule has 0 aliphatic rings. The average Bonchev–Trinajstić information content (AvgIpc) is 2.59. The Hall–Kier alpha value is -1.36. The predicted octanol–water partition coefficient (Wildman–Crippen LogP) is 1.50. The zero-order valence-electron chi connectivity index (χ0n) is 8.99. The molecule has 1 heterocycles. The minimum Gasteiger partial charge on any atom is -0.481 e. The first-order valence-electron chi connectivity index (χ1n) is 4.97. The van der Waals surface area contributed by atoms with Crippen LogP contribution in [0.2, 0.25) is 0 Å². The summed E-state index contributed by atoms with van der Waals surface area (Å²) in [7, 11) is 0. The molecular weight excluding hydrogens is 196 g/mol. The van der Waals surface area contributed by atoms with E-state index in [0.29, 0.717) is 18.9 Å². The van der Waals surface area contributed by atoms with Gasteiger partial charge < -0.3 is 14.8 Å². The SMILES string of the molecule is Cc1cnc(C(C)NCCCC(=O)O)o1. The van der Waals surface area contributed by atoms with Crippen molar-refractivity contribution < 1.29 is 14.3 Å². The molecule has 1 rings (SSSR count). The monoisotopic (exact) mass is 212 g/mol. The van der Waals surface area contributed by atoms with Crippen molar-refractivity contribution in [3.63, 3.8) is 0 Å². The summed E-state index contributed by atoms with van der Waals surface area (Å²) in [5.41, 5.74) is 0. The highest BCUT2D eigenvalue weighted by molar-refractivity contribution is 5.66. The summed E-state index contributed by atoms with van der Waals surface area (Å²) in [6.07, 6.45) is 2.47. The lowest BCUT2D eigenvalue weighted by Crippen LogP contribution is -2.20. The minimum absolute atomic E-state index is 0.0208. The number of rotatable bonds is 6. The van der Waals surface area contributed by atoms with E-state index in [9.17, 15) is 4.79 Å². The zero-order valence-corrected chi connectivity index (χ0v) is 8.99. The van der Waals surface area contributed by atoms with E-state index in [-0.39, 0.29) is 12.5 Å². The molecule has 0 radical (unpaired) electrons. The Bertz CT molecular complexity index is 322. The normalized spacial score (nSPS) is 12.7. The molecule has 0 aromatic carbocycles. The highest BCUT2D eigenvalue weighted by Gasteiger charge is 2.10. The van der Waals surface area contributed by atoms with Crippen molar-refractivity contribution in [2.75, 3.05) is 6.54 Å². The maximum atomic E-state index is 10.3. The van der Waals surface area contributed by atoms with E-state index in [1.165, 1.54) is 0 Å². The first-order valence-corrected chi connectivity index (χ1v) is 4.97. The highest BCUT2D eigenvalue weighted by Crippen LogP contribution is 2.11. The van der Waals surface area contributed by atoms with E-state index in [1.807, 2.05) is 13.8 Å². The van der Waals surface area contributed by atoms with Crippen LogP contribution in [0.4, 0.5) is 0 Å². The van der Waals surface area contributed by atoms with Crippen LogP contribution in [0.25, 0.3) is 0 Å². The molecule has 5 nitrogen and oxygen atoms in total. The molecule has 5 heteroatoms. The third-order valence-corrected chi connectivity index (χ3v) is 2.03. The Balaban J connectivity index is 2.24. The van der Waals surface area contributed by atoms with Crippen LogP contribution in [0.5, 0.6) is 0 Å². The number of aryl methyl sites for hydroxylation is 1. The van der Waals surface area contributed by atoms with Crippen molar-refractivity contribution in [1.29, 1.82) is 0 Å². The molecule has 0 fully saturated rings. The van der Waals surface area contributed by atoms with Crippen LogP contribution in [0.1, 0.15) is 37.5 Å². The molecule has 0 bridgehead atoms. The minimum atomic E-state index is -0.767. The van der Waals surface area contributed by atoms with Crippen molar-refractivity contribution in [3.05, 3.63) is 17.8 Å². The first kappa shape index (κ1) is 11.7. The number of nitrogens with one attached hydrogen (secondary N) is 1. The number of oxazole rings is 1. The Morgan fingerprint density at radius 2 is 2.47 bits per heavy atom.